The molecule has 0 bridgehead atoms. The van der Waals surface area contributed by atoms with E-state index < -0.39 is 0 Å². The lowest BCUT2D eigenvalue weighted by atomic mass is 10.1. The van der Waals surface area contributed by atoms with Crippen molar-refractivity contribution in [3.8, 4) is 5.75 Å². The van der Waals surface area contributed by atoms with E-state index in [0.717, 1.165) is 21.3 Å². The second kappa shape index (κ2) is 6.76. The Labute approximate surface area is 133 Å². The first-order chi connectivity index (χ1) is 10.0. The number of carbonyl (C=O) groups is 1. The first-order valence-electron chi connectivity index (χ1n) is 6.72. The molecule has 1 amide bonds. The van der Waals surface area contributed by atoms with E-state index in [1.807, 2.05) is 50.2 Å². The predicted molar refractivity (Wildman–Crippen MR) is 87.8 cm³/mol. The number of methoxy groups -OCH3 is 1. The minimum absolute atomic E-state index is 0.0580. The fraction of sp³-hybridized carbons (Fsp3) is 0.235. The van der Waals surface area contributed by atoms with Crippen molar-refractivity contribution in [2.45, 2.75) is 19.9 Å². The summed E-state index contributed by atoms with van der Waals surface area (Å²) in [5, 5.41) is 3.00. The largest absolute Gasteiger partial charge is 0.496 e. The Hall–Kier alpha value is -1.81. The number of benzene rings is 2. The van der Waals surface area contributed by atoms with Gasteiger partial charge in [0.15, 0.2) is 0 Å². The molecule has 0 heterocycles. The number of amides is 1. The van der Waals surface area contributed by atoms with Crippen LogP contribution in [0.1, 0.15) is 34.5 Å². The van der Waals surface area contributed by atoms with Crippen molar-refractivity contribution >= 4 is 21.8 Å². The molecule has 0 fully saturated rings. The molecule has 0 aromatic heterocycles. The van der Waals surface area contributed by atoms with Gasteiger partial charge in [0.1, 0.15) is 5.75 Å². The fourth-order valence-corrected chi connectivity index (χ4v) is 2.58. The standard InChI is InChI=1S/C17H18BrNO2/c1-11-9-14(7-8-16(11)21-3)17(20)19-12(2)13-5-4-6-15(18)10-13/h4-10,12H,1-3H3,(H,19,20)/t12-/m1/s1. The third kappa shape index (κ3) is 3.85. The quantitative estimate of drug-likeness (QED) is 0.897. The molecule has 4 heteroatoms. The van der Waals surface area contributed by atoms with Crippen LogP contribution >= 0.6 is 15.9 Å². The zero-order chi connectivity index (χ0) is 15.4. The van der Waals surface area contributed by atoms with E-state index in [2.05, 4.69) is 21.2 Å². The van der Waals surface area contributed by atoms with Gasteiger partial charge in [0.05, 0.1) is 13.2 Å². The van der Waals surface area contributed by atoms with Gasteiger partial charge in [-0.15, -0.1) is 0 Å². The Morgan fingerprint density at radius 3 is 2.62 bits per heavy atom. The van der Waals surface area contributed by atoms with E-state index in [4.69, 9.17) is 4.74 Å². The maximum Gasteiger partial charge on any atom is 0.251 e. The first kappa shape index (κ1) is 15.6. The van der Waals surface area contributed by atoms with Crippen LogP contribution in [0.3, 0.4) is 0 Å². The van der Waals surface area contributed by atoms with E-state index >= 15 is 0 Å². The third-order valence-electron chi connectivity index (χ3n) is 3.35. The van der Waals surface area contributed by atoms with Gasteiger partial charge in [-0.2, -0.15) is 0 Å². The summed E-state index contributed by atoms with van der Waals surface area (Å²) in [6.07, 6.45) is 0. The van der Waals surface area contributed by atoms with Gasteiger partial charge in [0, 0.05) is 10.0 Å². The van der Waals surface area contributed by atoms with Crippen molar-refractivity contribution in [2.75, 3.05) is 7.11 Å². The number of rotatable bonds is 4. The van der Waals surface area contributed by atoms with Gasteiger partial charge in [0.25, 0.3) is 5.91 Å². The van der Waals surface area contributed by atoms with Crippen LogP contribution in [-0.2, 0) is 0 Å². The van der Waals surface area contributed by atoms with Crippen LogP contribution in [-0.4, -0.2) is 13.0 Å². The summed E-state index contributed by atoms with van der Waals surface area (Å²) in [6, 6.07) is 13.3. The minimum Gasteiger partial charge on any atom is -0.496 e. The number of aryl methyl sites for hydroxylation is 1. The van der Waals surface area contributed by atoms with Crippen molar-refractivity contribution in [3.05, 3.63) is 63.6 Å². The van der Waals surface area contributed by atoms with Crippen LogP contribution in [0.2, 0.25) is 0 Å². The summed E-state index contributed by atoms with van der Waals surface area (Å²) in [4.78, 5) is 12.3. The number of ether oxygens (including phenoxy) is 1. The van der Waals surface area contributed by atoms with Crippen molar-refractivity contribution in [2.24, 2.45) is 0 Å². The summed E-state index contributed by atoms with van der Waals surface area (Å²) in [5.41, 5.74) is 2.64. The smallest absolute Gasteiger partial charge is 0.251 e. The SMILES string of the molecule is COc1ccc(C(=O)N[C@H](C)c2cccc(Br)c2)cc1C. The Morgan fingerprint density at radius 1 is 1.24 bits per heavy atom. The summed E-state index contributed by atoms with van der Waals surface area (Å²) >= 11 is 3.44. The van der Waals surface area contributed by atoms with Gasteiger partial charge in [-0.25, -0.2) is 0 Å². The number of carbonyl (C=O) groups excluding carboxylic acids is 1. The van der Waals surface area contributed by atoms with Gasteiger partial charge in [-0.3, -0.25) is 4.79 Å². The molecule has 1 N–H and O–H groups in total. The lowest BCUT2D eigenvalue weighted by Crippen LogP contribution is -2.26. The molecule has 0 saturated carbocycles. The fourth-order valence-electron chi connectivity index (χ4n) is 2.16. The number of nitrogens with one attached hydrogen (secondary N) is 1. The lowest BCUT2D eigenvalue weighted by Gasteiger charge is -2.15. The zero-order valence-corrected chi connectivity index (χ0v) is 13.9. The van der Waals surface area contributed by atoms with E-state index in [0.29, 0.717) is 5.56 Å². The maximum absolute atomic E-state index is 12.3. The molecular formula is C17H18BrNO2. The lowest BCUT2D eigenvalue weighted by molar-refractivity contribution is 0.0939. The second-order valence-corrected chi connectivity index (χ2v) is 5.85. The molecule has 0 aliphatic carbocycles. The van der Waals surface area contributed by atoms with Crippen LogP contribution in [0, 0.1) is 6.92 Å². The van der Waals surface area contributed by atoms with Gasteiger partial charge >= 0.3 is 0 Å². The van der Waals surface area contributed by atoms with E-state index in [1.165, 1.54) is 0 Å². The number of hydrogen-bond acceptors (Lipinski definition) is 2. The van der Waals surface area contributed by atoms with E-state index in [1.54, 1.807) is 13.2 Å². The molecule has 2 rings (SSSR count). The molecule has 0 saturated heterocycles. The van der Waals surface area contributed by atoms with Crippen molar-refractivity contribution in [3.63, 3.8) is 0 Å². The molecule has 110 valence electrons. The second-order valence-electron chi connectivity index (χ2n) is 4.93. The average molecular weight is 348 g/mol. The summed E-state index contributed by atoms with van der Waals surface area (Å²) in [6.45, 7) is 3.89. The van der Waals surface area contributed by atoms with E-state index in [9.17, 15) is 4.79 Å². The Bertz CT molecular complexity index is 655. The highest BCUT2D eigenvalue weighted by Crippen LogP contribution is 2.20. The summed E-state index contributed by atoms with van der Waals surface area (Å²) < 4.78 is 6.21. The van der Waals surface area contributed by atoms with E-state index in [-0.39, 0.29) is 11.9 Å². The Morgan fingerprint density at radius 2 is 2.00 bits per heavy atom. The Balaban J connectivity index is 2.12. The van der Waals surface area contributed by atoms with Crippen LogP contribution in [0.4, 0.5) is 0 Å². The number of halogens is 1. The number of hydrogen-bond donors (Lipinski definition) is 1. The third-order valence-corrected chi connectivity index (χ3v) is 3.85. The van der Waals surface area contributed by atoms with Crippen molar-refractivity contribution in [1.82, 2.24) is 5.32 Å². The summed E-state index contributed by atoms with van der Waals surface area (Å²) in [5.74, 6) is 0.694. The highest BCUT2D eigenvalue weighted by molar-refractivity contribution is 9.10. The molecule has 3 nitrogen and oxygen atoms in total. The molecule has 0 aliphatic heterocycles. The van der Waals surface area contributed by atoms with Gasteiger partial charge in [-0.1, -0.05) is 28.1 Å². The minimum atomic E-state index is -0.0896. The van der Waals surface area contributed by atoms with Crippen molar-refractivity contribution < 1.29 is 9.53 Å². The molecule has 0 radical (unpaired) electrons. The molecular weight excluding hydrogens is 330 g/mol. The highest BCUT2D eigenvalue weighted by Gasteiger charge is 2.12. The van der Waals surface area contributed by atoms with Gasteiger partial charge in [-0.05, 0) is 55.3 Å². The first-order valence-corrected chi connectivity index (χ1v) is 7.51. The topological polar surface area (TPSA) is 38.3 Å². The van der Waals surface area contributed by atoms with Crippen molar-refractivity contribution in [1.29, 1.82) is 0 Å². The van der Waals surface area contributed by atoms with Crippen LogP contribution < -0.4 is 10.1 Å². The monoisotopic (exact) mass is 347 g/mol. The zero-order valence-electron chi connectivity index (χ0n) is 12.3. The maximum atomic E-state index is 12.3. The van der Waals surface area contributed by atoms with Gasteiger partial charge in [0.2, 0.25) is 0 Å². The molecule has 2 aromatic rings. The molecule has 0 aliphatic rings. The molecule has 2 aromatic carbocycles. The van der Waals surface area contributed by atoms with Crippen LogP contribution in [0.25, 0.3) is 0 Å². The molecule has 0 unspecified atom stereocenters. The van der Waals surface area contributed by atoms with Crippen LogP contribution in [0.15, 0.2) is 46.9 Å². The van der Waals surface area contributed by atoms with Crippen LogP contribution in [0.5, 0.6) is 5.75 Å². The Kier molecular flexibility index (Phi) is 5.02. The molecule has 1 atom stereocenters. The average Bonchev–Trinajstić information content (AvgIpc) is 2.47. The normalized spacial score (nSPS) is 11.8. The van der Waals surface area contributed by atoms with Gasteiger partial charge < -0.3 is 10.1 Å². The molecule has 21 heavy (non-hydrogen) atoms. The summed E-state index contributed by atoms with van der Waals surface area (Å²) in [7, 11) is 1.62. The highest BCUT2D eigenvalue weighted by atomic mass is 79.9. The predicted octanol–water partition coefficient (Wildman–Crippen LogP) is 4.26. The molecule has 0 spiro atoms.